The van der Waals surface area contributed by atoms with E-state index in [1.54, 1.807) is 24.5 Å². The Labute approximate surface area is 116 Å². The number of halogens is 2. The number of rotatable bonds is 5. The highest BCUT2D eigenvalue weighted by atomic mass is 35.5. The Morgan fingerprint density at radius 2 is 1.94 bits per heavy atom. The number of hydrogen-bond acceptors (Lipinski definition) is 3. The number of nitrogens with one attached hydrogen (secondary N) is 1. The molecule has 2 rings (SSSR count). The van der Waals surface area contributed by atoms with Crippen molar-refractivity contribution in [2.75, 3.05) is 7.05 Å². The van der Waals surface area contributed by atoms with Gasteiger partial charge in [-0.05, 0) is 31.3 Å². The molecule has 18 heavy (non-hydrogen) atoms. The van der Waals surface area contributed by atoms with E-state index in [0.717, 1.165) is 17.9 Å². The molecule has 0 saturated heterocycles. The van der Waals surface area contributed by atoms with Crippen LogP contribution < -0.4 is 10.1 Å². The van der Waals surface area contributed by atoms with E-state index in [4.69, 9.17) is 32.4 Å². The van der Waals surface area contributed by atoms with Crippen molar-refractivity contribution in [3.8, 4) is 5.75 Å². The SMILES string of the molecule is CNCc1ccoc1COc1cc(Cl)cc(Cl)c1. The second kappa shape index (κ2) is 6.14. The van der Waals surface area contributed by atoms with Gasteiger partial charge in [-0.25, -0.2) is 0 Å². The van der Waals surface area contributed by atoms with Gasteiger partial charge in [-0.1, -0.05) is 23.2 Å². The normalized spacial score (nSPS) is 10.6. The van der Waals surface area contributed by atoms with E-state index in [1.807, 2.05) is 13.1 Å². The Morgan fingerprint density at radius 3 is 2.61 bits per heavy atom. The Hall–Kier alpha value is -1.16. The van der Waals surface area contributed by atoms with Crippen LogP contribution >= 0.6 is 23.2 Å². The van der Waals surface area contributed by atoms with Gasteiger partial charge in [-0.2, -0.15) is 0 Å². The minimum Gasteiger partial charge on any atom is -0.486 e. The maximum Gasteiger partial charge on any atom is 0.146 e. The van der Waals surface area contributed by atoms with Gasteiger partial charge in [0.2, 0.25) is 0 Å². The van der Waals surface area contributed by atoms with Crippen LogP contribution in [-0.4, -0.2) is 7.05 Å². The molecule has 3 nitrogen and oxygen atoms in total. The molecule has 0 aliphatic heterocycles. The van der Waals surface area contributed by atoms with Gasteiger partial charge < -0.3 is 14.5 Å². The monoisotopic (exact) mass is 285 g/mol. The lowest BCUT2D eigenvalue weighted by Crippen LogP contribution is -2.07. The zero-order valence-electron chi connectivity index (χ0n) is 9.87. The molecule has 0 fully saturated rings. The van der Waals surface area contributed by atoms with Crippen molar-refractivity contribution in [1.82, 2.24) is 5.32 Å². The zero-order chi connectivity index (χ0) is 13.0. The summed E-state index contributed by atoms with van der Waals surface area (Å²) in [7, 11) is 1.88. The van der Waals surface area contributed by atoms with E-state index in [0.29, 0.717) is 22.4 Å². The summed E-state index contributed by atoms with van der Waals surface area (Å²) >= 11 is 11.8. The van der Waals surface area contributed by atoms with Gasteiger partial charge in [0.1, 0.15) is 18.1 Å². The minimum absolute atomic E-state index is 0.348. The van der Waals surface area contributed by atoms with Crippen LogP contribution in [0, 0.1) is 0 Å². The summed E-state index contributed by atoms with van der Waals surface area (Å²) in [6.07, 6.45) is 1.65. The molecule has 5 heteroatoms. The molecule has 0 unspecified atom stereocenters. The van der Waals surface area contributed by atoms with Crippen molar-refractivity contribution < 1.29 is 9.15 Å². The first-order valence-electron chi connectivity index (χ1n) is 5.48. The van der Waals surface area contributed by atoms with Crippen LogP contribution in [0.15, 0.2) is 34.9 Å². The third-order valence-corrected chi connectivity index (χ3v) is 2.85. The molecule has 1 aromatic heterocycles. The molecule has 1 N–H and O–H groups in total. The molecule has 1 heterocycles. The summed E-state index contributed by atoms with van der Waals surface area (Å²) in [5.74, 6) is 1.42. The van der Waals surface area contributed by atoms with Crippen LogP contribution in [0.2, 0.25) is 10.0 Å². The lowest BCUT2D eigenvalue weighted by Gasteiger charge is -2.07. The fourth-order valence-corrected chi connectivity index (χ4v) is 2.11. The summed E-state index contributed by atoms with van der Waals surface area (Å²) in [5.41, 5.74) is 1.07. The standard InChI is InChI=1S/C13H13Cl2NO2/c1-16-7-9-2-3-17-13(9)8-18-12-5-10(14)4-11(15)6-12/h2-6,16H,7-8H2,1H3. The fraction of sp³-hybridized carbons (Fsp3) is 0.231. The fourth-order valence-electron chi connectivity index (χ4n) is 1.60. The maximum absolute atomic E-state index is 5.89. The van der Waals surface area contributed by atoms with Crippen molar-refractivity contribution >= 4 is 23.2 Å². The largest absolute Gasteiger partial charge is 0.486 e. The molecule has 0 radical (unpaired) electrons. The Balaban J connectivity index is 2.04. The number of ether oxygens (including phenoxy) is 1. The second-order valence-corrected chi connectivity index (χ2v) is 4.67. The summed E-state index contributed by atoms with van der Waals surface area (Å²) in [4.78, 5) is 0. The number of hydrogen-bond donors (Lipinski definition) is 1. The van der Waals surface area contributed by atoms with Crippen molar-refractivity contribution in [2.24, 2.45) is 0 Å². The lowest BCUT2D eigenvalue weighted by molar-refractivity contribution is 0.268. The van der Waals surface area contributed by atoms with E-state index in [1.165, 1.54) is 0 Å². The highest BCUT2D eigenvalue weighted by Crippen LogP contribution is 2.25. The molecule has 0 saturated carbocycles. The quantitative estimate of drug-likeness (QED) is 0.905. The van der Waals surface area contributed by atoms with Gasteiger partial charge in [-0.15, -0.1) is 0 Å². The van der Waals surface area contributed by atoms with Gasteiger partial charge in [0, 0.05) is 22.2 Å². The van der Waals surface area contributed by atoms with Gasteiger partial charge in [0.25, 0.3) is 0 Å². The summed E-state index contributed by atoms with van der Waals surface area (Å²) in [6, 6.07) is 7.01. The van der Waals surface area contributed by atoms with Crippen LogP contribution in [-0.2, 0) is 13.2 Å². The molecule has 0 bridgehead atoms. The third-order valence-electron chi connectivity index (χ3n) is 2.41. The Morgan fingerprint density at radius 1 is 1.22 bits per heavy atom. The van der Waals surface area contributed by atoms with Crippen molar-refractivity contribution in [3.05, 3.63) is 51.9 Å². The first kappa shape index (κ1) is 13.3. The van der Waals surface area contributed by atoms with Gasteiger partial charge in [0.15, 0.2) is 0 Å². The van der Waals surface area contributed by atoms with Gasteiger partial charge in [0.05, 0.1) is 6.26 Å². The first-order valence-corrected chi connectivity index (χ1v) is 6.23. The van der Waals surface area contributed by atoms with E-state index in [2.05, 4.69) is 5.32 Å². The predicted molar refractivity (Wildman–Crippen MR) is 72.3 cm³/mol. The molecule has 96 valence electrons. The molecule has 0 aliphatic rings. The molecule has 0 atom stereocenters. The van der Waals surface area contributed by atoms with E-state index >= 15 is 0 Å². The number of benzene rings is 1. The third kappa shape index (κ3) is 3.42. The average molecular weight is 286 g/mol. The van der Waals surface area contributed by atoms with Crippen LogP contribution in [0.4, 0.5) is 0 Å². The Bertz CT molecular complexity index is 505. The van der Waals surface area contributed by atoms with Crippen molar-refractivity contribution in [1.29, 1.82) is 0 Å². The van der Waals surface area contributed by atoms with Crippen LogP contribution in [0.3, 0.4) is 0 Å². The summed E-state index contributed by atoms with van der Waals surface area (Å²) in [6.45, 7) is 1.09. The second-order valence-electron chi connectivity index (χ2n) is 3.79. The zero-order valence-corrected chi connectivity index (χ0v) is 11.4. The number of furan rings is 1. The molecule has 2 aromatic rings. The van der Waals surface area contributed by atoms with Gasteiger partial charge >= 0.3 is 0 Å². The summed E-state index contributed by atoms with van der Waals surface area (Å²) in [5, 5.41) is 4.17. The molecular weight excluding hydrogens is 273 g/mol. The van der Waals surface area contributed by atoms with E-state index in [-0.39, 0.29) is 0 Å². The first-order chi connectivity index (χ1) is 8.69. The van der Waals surface area contributed by atoms with E-state index < -0.39 is 0 Å². The predicted octanol–water partition coefficient (Wildman–Crippen LogP) is 3.88. The highest BCUT2D eigenvalue weighted by molar-refractivity contribution is 6.34. The van der Waals surface area contributed by atoms with Crippen LogP contribution in [0.25, 0.3) is 0 Å². The van der Waals surface area contributed by atoms with Gasteiger partial charge in [-0.3, -0.25) is 0 Å². The topological polar surface area (TPSA) is 34.4 Å². The average Bonchev–Trinajstić information content (AvgIpc) is 2.73. The molecular formula is C13H13Cl2NO2. The Kier molecular flexibility index (Phi) is 4.53. The maximum atomic E-state index is 5.89. The minimum atomic E-state index is 0.348. The van der Waals surface area contributed by atoms with Crippen LogP contribution in [0.5, 0.6) is 5.75 Å². The smallest absolute Gasteiger partial charge is 0.146 e. The molecule has 1 aromatic carbocycles. The molecule has 0 aliphatic carbocycles. The van der Waals surface area contributed by atoms with Crippen LogP contribution in [0.1, 0.15) is 11.3 Å². The molecule has 0 amide bonds. The van der Waals surface area contributed by atoms with Crippen molar-refractivity contribution in [2.45, 2.75) is 13.2 Å². The molecule has 0 spiro atoms. The summed E-state index contributed by atoms with van der Waals surface area (Å²) < 4.78 is 11.0. The lowest BCUT2D eigenvalue weighted by atomic mass is 10.2. The highest BCUT2D eigenvalue weighted by Gasteiger charge is 2.07. The van der Waals surface area contributed by atoms with E-state index in [9.17, 15) is 0 Å². The van der Waals surface area contributed by atoms with Crippen molar-refractivity contribution in [3.63, 3.8) is 0 Å².